The van der Waals surface area contributed by atoms with Crippen molar-refractivity contribution in [2.24, 2.45) is 5.73 Å². The van der Waals surface area contributed by atoms with Crippen molar-refractivity contribution in [1.82, 2.24) is 9.78 Å². The fraction of sp³-hybridized carbons (Fsp3) is 0.786. The largest absolute Gasteiger partial charge is 0.377 e. The maximum absolute atomic E-state index is 6.39. The lowest BCUT2D eigenvalue weighted by Crippen LogP contribution is -2.50. The number of hydrogen-bond donors (Lipinski definition) is 1. The van der Waals surface area contributed by atoms with Crippen LogP contribution in [0.2, 0.25) is 5.02 Å². The Hall–Kier alpha value is -0.580. The Balaban J connectivity index is 3.01. The van der Waals surface area contributed by atoms with Gasteiger partial charge in [0, 0.05) is 26.1 Å². The summed E-state index contributed by atoms with van der Waals surface area (Å²) in [5.41, 5.74) is 7.98. The third-order valence-electron chi connectivity index (χ3n) is 4.15. The SMILES string of the molecule is CCn1nc(C)c(Cl)c1CC(N)C(CC)(CC)OC. The van der Waals surface area contributed by atoms with Crippen molar-refractivity contribution in [3.63, 3.8) is 0 Å². The number of aryl methyl sites for hydroxylation is 2. The Labute approximate surface area is 121 Å². The summed E-state index contributed by atoms with van der Waals surface area (Å²) in [6, 6.07) is -0.0913. The molecule has 0 aromatic carbocycles. The summed E-state index contributed by atoms with van der Waals surface area (Å²) in [7, 11) is 1.73. The first kappa shape index (κ1) is 16.5. The number of halogens is 1. The van der Waals surface area contributed by atoms with E-state index in [1.807, 2.05) is 11.6 Å². The number of rotatable bonds is 7. The van der Waals surface area contributed by atoms with Gasteiger partial charge in [0.05, 0.1) is 22.0 Å². The highest BCUT2D eigenvalue weighted by Crippen LogP contribution is 2.28. The number of aromatic nitrogens is 2. The molecule has 0 radical (unpaired) electrons. The van der Waals surface area contributed by atoms with Crippen molar-refractivity contribution >= 4 is 11.6 Å². The first-order valence-corrected chi connectivity index (χ1v) is 7.35. The van der Waals surface area contributed by atoms with Gasteiger partial charge in [0.25, 0.3) is 0 Å². The highest BCUT2D eigenvalue weighted by atomic mass is 35.5. The minimum Gasteiger partial charge on any atom is -0.377 e. The van der Waals surface area contributed by atoms with Crippen LogP contribution in [-0.4, -0.2) is 28.5 Å². The summed E-state index contributed by atoms with van der Waals surface area (Å²) in [6.45, 7) is 9.00. The second-order valence-corrected chi connectivity index (χ2v) is 5.33. The van der Waals surface area contributed by atoms with Crippen molar-refractivity contribution in [3.8, 4) is 0 Å². The molecule has 0 saturated carbocycles. The second kappa shape index (κ2) is 6.73. The molecular weight excluding hydrogens is 262 g/mol. The summed E-state index contributed by atoms with van der Waals surface area (Å²) in [6.07, 6.45) is 2.46. The molecule has 0 bridgehead atoms. The molecule has 1 heterocycles. The Morgan fingerprint density at radius 1 is 1.37 bits per heavy atom. The third kappa shape index (κ3) is 3.12. The number of nitrogens with two attached hydrogens (primary N) is 1. The van der Waals surface area contributed by atoms with Gasteiger partial charge in [-0.1, -0.05) is 25.4 Å². The van der Waals surface area contributed by atoms with Gasteiger partial charge in [-0.2, -0.15) is 5.10 Å². The fourth-order valence-electron chi connectivity index (χ4n) is 2.67. The standard InChI is InChI=1S/C14H26ClN3O/c1-6-14(7-2,19-5)12(16)9-11-13(15)10(4)17-18(11)8-3/h12H,6-9,16H2,1-5H3. The minimum absolute atomic E-state index is 0.0913. The summed E-state index contributed by atoms with van der Waals surface area (Å²) in [5, 5.41) is 5.16. The highest BCUT2D eigenvalue weighted by Gasteiger charge is 2.34. The van der Waals surface area contributed by atoms with E-state index in [0.29, 0.717) is 6.42 Å². The van der Waals surface area contributed by atoms with Gasteiger partial charge in [-0.3, -0.25) is 4.68 Å². The van der Waals surface area contributed by atoms with Gasteiger partial charge in [-0.05, 0) is 26.7 Å². The second-order valence-electron chi connectivity index (χ2n) is 4.95. The zero-order valence-corrected chi connectivity index (χ0v) is 13.4. The van der Waals surface area contributed by atoms with E-state index in [1.165, 1.54) is 0 Å². The Morgan fingerprint density at radius 3 is 2.37 bits per heavy atom. The third-order valence-corrected chi connectivity index (χ3v) is 4.64. The maximum atomic E-state index is 6.39. The molecular formula is C14H26ClN3O. The van der Waals surface area contributed by atoms with Crippen molar-refractivity contribution in [2.45, 2.75) is 65.1 Å². The molecule has 110 valence electrons. The van der Waals surface area contributed by atoms with Crippen LogP contribution in [0.15, 0.2) is 0 Å². The van der Waals surface area contributed by atoms with Crippen LogP contribution < -0.4 is 5.73 Å². The average Bonchev–Trinajstić information content (AvgIpc) is 2.69. The van der Waals surface area contributed by atoms with E-state index in [4.69, 9.17) is 22.1 Å². The molecule has 0 aliphatic carbocycles. The van der Waals surface area contributed by atoms with E-state index in [9.17, 15) is 0 Å². The highest BCUT2D eigenvalue weighted by molar-refractivity contribution is 6.31. The predicted octanol–water partition coefficient (Wildman–Crippen LogP) is 2.94. The van der Waals surface area contributed by atoms with Crippen LogP contribution in [0, 0.1) is 6.92 Å². The quantitative estimate of drug-likeness (QED) is 0.839. The monoisotopic (exact) mass is 287 g/mol. The zero-order valence-electron chi connectivity index (χ0n) is 12.7. The lowest BCUT2D eigenvalue weighted by atomic mass is 9.86. The van der Waals surface area contributed by atoms with Crippen LogP contribution >= 0.6 is 11.6 Å². The molecule has 0 saturated heterocycles. The van der Waals surface area contributed by atoms with Gasteiger partial charge < -0.3 is 10.5 Å². The molecule has 0 aliphatic heterocycles. The molecule has 0 fully saturated rings. The summed E-state index contributed by atoms with van der Waals surface area (Å²) in [4.78, 5) is 0. The van der Waals surface area contributed by atoms with Crippen molar-refractivity contribution in [2.75, 3.05) is 7.11 Å². The molecule has 2 N–H and O–H groups in total. The lowest BCUT2D eigenvalue weighted by Gasteiger charge is -2.36. The van der Waals surface area contributed by atoms with Crippen molar-refractivity contribution in [1.29, 1.82) is 0 Å². The van der Waals surface area contributed by atoms with Crippen LogP contribution in [0.5, 0.6) is 0 Å². The molecule has 0 aliphatic rings. The molecule has 1 unspecified atom stereocenters. The summed E-state index contributed by atoms with van der Waals surface area (Å²) < 4.78 is 7.63. The first-order valence-electron chi connectivity index (χ1n) is 6.98. The molecule has 5 heteroatoms. The van der Waals surface area contributed by atoms with Gasteiger partial charge in [0.2, 0.25) is 0 Å². The van der Waals surface area contributed by atoms with Gasteiger partial charge in [-0.15, -0.1) is 0 Å². The number of nitrogens with zero attached hydrogens (tertiary/aromatic N) is 2. The smallest absolute Gasteiger partial charge is 0.0847 e. The van der Waals surface area contributed by atoms with E-state index in [-0.39, 0.29) is 11.6 Å². The van der Waals surface area contributed by atoms with Crippen LogP contribution in [0.25, 0.3) is 0 Å². The van der Waals surface area contributed by atoms with Gasteiger partial charge in [-0.25, -0.2) is 0 Å². The Morgan fingerprint density at radius 2 is 1.95 bits per heavy atom. The molecule has 1 rings (SSSR count). The topological polar surface area (TPSA) is 53.1 Å². The number of methoxy groups -OCH3 is 1. The molecule has 19 heavy (non-hydrogen) atoms. The van der Waals surface area contributed by atoms with Crippen molar-refractivity contribution in [3.05, 3.63) is 16.4 Å². The van der Waals surface area contributed by atoms with Crippen LogP contribution in [0.4, 0.5) is 0 Å². The summed E-state index contributed by atoms with van der Waals surface area (Å²) in [5.74, 6) is 0. The molecule has 4 nitrogen and oxygen atoms in total. The van der Waals surface area contributed by atoms with Crippen LogP contribution in [0.3, 0.4) is 0 Å². The molecule has 0 amide bonds. The van der Waals surface area contributed by atoms with Gasteiger partial charge >= 0.3 is 0 Å². The maximum Gasteiger partial charge on any atom is 0.0847 e. The Kier molecular flexibility index (Phi) is 5.83. The molecule has 0 spiro atoms. The van der Waals surface area contributed by atoms with E-state index in [1.54, 1.807) is 7.11 Å². The molecule has 1 aromatic rings. The van der Waals surface area contributed by atoms with E-state index in [0.717, 1.165) is 35.8 Å². The van der Waals surface area contributed by atoms with Gasteiger partial charge in [0.1, 0.15) is 0 Å². The van der Waals surface area contributed by atoms with Crippen molar-refractivity contribution < 1.29 is 4.74 Å². The van der Waals surface area contributed by atoms with Gasteiger partial charge in [0.15, 0.2) is 0 Å². The van der Waals surface area contributed by atoms with Crippen LogP contribution in [0.1, 0.15) is 45.0 Å². The lowest BCUT2D eigenvalue weighted by molar-refractivity contribution is -0.0378. The normalized spacial score (nSPS) is 13.8. The summed E-state index contributed by atoms with van der Waals surface area (Å²) >= 11 is 6.34. The number of hydrogen-bond acceptors (Lipinski definition) is 3. The predicted molar refractivity (Wildman–Crippen MR) is 79.6 cm³/mol. The van der Waals surface area contributed by atoms with E-state index in [2.05, 4.69) is 25.9 Å². The molecule has 1 atom stereocenters. The van der Waals surface area contributed by atoms with Crippen LogP contribution in [-0.2, 0) is 17.7 Å². The number of ether oxygens (including phenoxy) is 1. The minimum atomic E-state index is -0.292. The first-order chi connectivity index (χ1) is 8.95. The molecule has 1 aromatic heterocycles. The van der Waals surface area contributed by atoms with E-state index < -0.39 is 0 Å². The zero-order chi connectivity index (χ0) is 14.6. The fourth-order valence-corrected chi connectivity index (χ4v) is 2.89. The Bertz CT molecular complexity index is 405. The van der Waals surface area contributed by atoms with E-state index >= 15 is 0 Å². The average molecular weight is 288 g/mol.